The highest BCUT2D eigenvalue weighted by Crippen LogP contribution is 2.41. The number of aliphatic hydroxyl groups is 1. The van der Waals surface area contributed by atoms with Gasteiger partial charge in [0.1, 0.15) is 5.60 Å². The standard InChI is InChI=1S/C19H25N3O4/c1-5-13-15(21-18(26-4)22-17(13)25-3)19(24,14(6-2)16(20)23)12-10-8-7-9-11-12/h7-11,14,24H,5-6H2,1-4H3,(H2,20,23). The number of nitrogens with two attached hydrogens (primary N) is 1. The van der Waals surface area contributed by atoms with Crippen LogP contribution in [0.3, 0.4) is 0 Å². The molecule has 2 rings (SSSR count). The maximum Gasteiger partial charge on any atom is 0.319 e. The average molecular weight is 359 g/mol. The van der Waals surface area contributed by atoms with Gasteiger partial charge in [0.25, 0.3) is 0 Å². The Morgan fingerprint density at radius 1 is 1.19 bits per heavy atom. The number of carbonyl (C=O) groups excluding carboxylic acids is 1. The van der Waals surface area contributed by atoms with Crippen molar-refractivity contribution in [3.8, 4) is 11.9 Å². The number of ether oxygens (including phenoxy) is 2. The van der Waals surface area contributed by atoms with Crippen LogP contribution >= 0.6 is 0 Å². The minimum Gasteiger partial charge on any atom is -0.481 e. The van der Waals surface area contributed by atoms with Crippen molar-refractivity contribution in [2.45, 2.75) is 32.3 Å². The number of aromatic nitrogens is 2. The van der Waals surface area contributed by atoms with Crippen LogP contribution in [0.4, 0.5) is 0 Å². The Balaban J connectivity index is 2.88. The van der Waals surface area contributed by atoms with E-state index in [0.717, 1.165) is 0 Å². The van der Waals surface area contributed by atoms with Gasteiger partial charge in [0.2, 0.25) is 11.8 Å². The fraction of sp³-hybridized carbons (Fsp3) is 0.421. The second kappa shape index (κ2) is 8.14. The maximum absolute atomic E-state index is 12.2. The zero-order chi connectivity index (χ0) is 19.3. The van der Waals surface area contributed by atoms with Crippen molar-refractivity contribution < 1.29 is 19.4 Å². The molecule has 0 spiro atoms. The van der Waals surface area contributed by atoms with Crippen molar-refractivity contribution in [3.63, 3.8) is 0 Å². The van der Waals surface area contributed by atoms with E-state index in [4.69, 9.17) is 15.2 Å². The van der Waals surface area contributed by atoms with Gasteiger partial charge in [0.15, 0.2) is 0 Å². The van der Waals surface area contributed by atoms with Crippen LogP contribution in [0.15, 0.2) is 30.3 Å². The van der Waals surface area contributed by atoms with Gasteiger partial charge in [-0.15, -0.1) is 0 Å². The van der Waals surface area contributed by atoms with Crippen molar-refractivity contribution in [1.82, 2.24) is 9.97 Å². The molecule has 0 saturated heterocycles. The molecule has 1 heterocycles. The molecule has 7 heteroatoms. The van der Waals surface area contributed by atoms with Gasteiger partial charge < -0.3 is 20.3 Å². The Bertz CT molecular complexity index is 767. The number of hydrogen-bond acceptors (Lipinski definition) is 6. The Labute approximate surface area is 153 Å². The van der Waals surface area contributed by atoms with Crippen LogP contribution in [0.5, 0.6) is 11.9 Å². The third kappa shape index (κ3) is 3.35. The molecular formula is C19H25N3O4. The normalized spacial score (nSPS) is 14.3. The Hall–Kier alpha value is -2.67. The molecule has 26 heavy (non-hydrogen) atoms. The summed E-state index contributed by atoms with van der Waals surface area (Å²) < 4.78 is 10.5. The quantitative estimate of drug-likeness (QED) is 0.744. The van der Waals surface area contributed by atoms with Gasteiger partial charge in [0.05, 0.1) is 25.8 Å². The van der Waals surface area contributed by atoms with Gasteiger partial charge in [-0.05, 0) is 18.4 Å². The molecule has 0 aliphatic heterocycles. The van der Waals surface area contributed by atoms with Crippen molar-refractivity contribution >= 4 is 5.91 Å². The van der Waals surface area contributed by atoms with Gasteiger partial charge in [-0.2, -0.15) is 9.97 Å². The molecule has 1 aromatic heterocycles. The number of benzene rings is 1. The Morgan fingerprint density at radius 2 is 1.85 bits per heavy atom. The SMILES string of the molecule is CCc1c(OC)nc(OC)nc1C(O)(c1ccccc1)C(CC)C(N)=O. The molecule has 7 nitrogen and oxygen atoms in total. The predicted octanol–water partition coefficient (Wildman–Crippen LogP) is 1.80. The van der Waals surface area contributed by atoms with Crippen LogP contribution in [-0.4, -0.2) is 35.2 Å². The van der Waals surface area contributed by atoms with Gasteiger partial charge in [-0.25, -0.2) is 0 Å². The van der Waals surface area contributed by atoms with E-state index in [1.165, 1.54) is 14.2 Å². The van der Waals surface area contributed by atoms with Gasteiger partial charge in [0, 0.05) is 5.56 Å². The molecule has 2 unspecified atom stereocenters. The minimum atomic E-state index is -1.74. The van der Waals surface area contributed by atoms with Crippen LogP contribution < -0.4 is 15.2 Å². The molecule has 0 aliphatic carbocycles. The molecule has 0 fully saturated rings. The summed E-state index contributed by atoms with van der Waals surface area (Å²) in [5, 5.41) is 11.8. The summed E-state index contributed by atoms with van der Waals surface area (Å²) in [4.78, 5) is 20.8. The van der Waals surface area contributed by atoms with E-state index < -0.39 is 17.4 Å². The lowest BCUT2D eigenvalue weighted by Crippen LogP contribution is -2.45. The molecule has 3 N–H and O–H groups in total. The minimum absolute atomic E-state index is 0.0442. The summed E-state index contributed by atoms with van der Waals surface area (Å²) in [5.74, 6) is -1.21. The molecule has 2 aromatic rings. The van der Waals surface area contributed by atoms with Gasteiger partial charge in [-0.1, -0.05) is 44.2 Å². The monoisotopic (exact) mass is 359 g/mol. The molecule has 140 valence electrons. The zero-order valence-corrected chi connectivity index (χ0v) is 15.5. The van der Waals surface area contributed by atoms with E-state index >= 15 is 0 Å². The molecule has 2 atom stereocenters. The van der Waals surface area contributed by atoms with Crippen molar-refractivity contribution in [2.24, 2.45) is 11.7 Å². The predicted molar refractivity (Wildman–Crippen MR) is 96.9 cm³/mol. The van der Waals surface area contributed by atoms with E-state index in [9.17, 15) is 9.90 Å². The number of hydrogen-bond donors (Lipinski definition) is 2. The highest BCUT2D eigenvalue weighted by atomic mass is 16.5. The second-order valence-electron chi connectivity index (χ2n) is 5.90. The molecule has 0 saturated carbocycles. The fourth-order valence-electron chi connectivity index (χ4n) is 3.24. The molecule has 0 radical (unpaired) electrons. The van der Waals surface area contributed by atoms with E-state index in [2.05, 4.69) is 9.97 Å². The van der Waals surface area contributed by atoms with Crippen molar-refractivity contribution in [3.05, 3.63) is 47.2 Å². The number of primary amides is 1. The first-order valence-electron chi connectivity index (χ1n) is 8.50. The van der Waals surface area contributed by atoms with Gasteiger partial charge >= 0.3 is 6.01 Å². The first-order chi connectivity index (χ1) is 12.4. The topological polar surface area (TPSA) is 108 Å². The second-order valence-corrected chi connectivity index (χ2v) is 5.90. The first kappa shape index (κ1) is 19.7. The number of methoxy groups -OCH3 is 2. The van der Waals surface area contributed by atoms with Crippen LogP contribution in [0, 0.1) is 5.92 Å². The Morgan fingerprint density at radius 3 is 2.31 bits per heavy atom. The van der Waals surface area contributed by atoms with E-state index in [1.54, 1.807) is 31.2 Å². The largest absolute Gasteiger partial charge is 0.481 e. The number of rotatable bonds is 8. The average Bonchev–Trinajstić information content (AvgIpc) is 2.67. The lowest BCUT2D eigenvalue weighted by molar-refractivity contribution is -0.130. The third-order valence-electron chi connectivity index (χ3n) is 4.51. The first-order valence-corrected chi connectivity index (χ1v) is 8.50. The molecule has 1 aromatic carbocycles. The smallest absolute Gasteiger partial charge is 0.319 e. The van der Waals surface area contributed by atoms with Crippen molar-refractivity contribution in [1.29, 1.82) is 0 Å². The fourth-order valence-corrected chi connectivity index (χ4v) is 3.24. The van der Waals surface area contributed by atoms with E-state index in [-0.39, 0.29) is 11.7 Å². The van der Waals surface area contributed by atoms with Gasteiger partial charge in [-0.3, -0.25) is 4.79 Å². The summed E-state index contributed by atoms with van der Waals surface area (Å²) in [5.41, 5.74) is 5.27. The highest BCUT2D eigenvalue weighted by molar-refractivity contribution is 5.79. The van der Waals surface area contributed by atoms with Crippen molar-refractivity contribution in [2.75, 3.05) is 14.2 Å². The summed E-state index contributed by atoms with van der Waals surface area (Å²) in [6, 6.07) is 8.93. The summed E-state index contributed by atoms with van der Waals surface area (Å²) in [6.07, 6.45) is 0.825. The van der Waals surface area contributed by atoms with E-state index in [1.807, 2.05) is 13.0 Å². The molecule has 1 amide bonds. The maximum atomic E-state index is 12.2. The van der Waals surface area contributed by atoms with Crippen LogP contribution in [0.1, 0.15) is 37.1 Å². The molecule has 0 aliphatic rings. The number of amides is 1. The highest BCUT2D eigenvalue weighted by Gasteiger charge is 2.46. The summed E-state index contributed by atoms with van der Waals surface area (Å²) in [6.45, 7) is 3.69. The lowest BCUT2D eigenvalue weighted by atomic mass is 9.75. The summed E-state index contributed by atoms with van der Waals surface area (Å²) >= 11 is 0. The zero-order valence-electron chi connectivity index (χ0n) is 15.5. The third-order valence-corrected chi connectivity index (χ3v) is 4.51. The number of carbonyl (C=O) groups is 1. The van der Waals surface area contributed by atoms with Crippen LogP contribution in [0.2, 0.25) is 0 Å². The molecular weight excluding hydrogens is 334 g/mol. The number of nitrogens with zero attached hydrogens (tertiary/aromatic N) is 2. The van der Waals surface area contributed by atoms with E-state index in [0.29, 0.717) is 29.8 Å². The Kier molecular flexibility index (Phi) is 6.15. The summed E-state index contributed by atoms with van der Waals surface area (Å²) in [7, 11) is 2.91. The lowest BCUT2D eigenvalue weighted by Gasteiger charge is -2.35. The van der Waals surface area contributed by atoms with Crippen LogP contribution in [0.25, 0.3) is 0 Å². The van der Waals surface area contributed by atoms with Crippen LogP contribution in [-0.2, 0) is 16.8 Å². The molecule has 0 bridgehead atoms.